The summed E-state index contributed by atoms with van der Waals surface area (Å²) in [5.74, 6) is -2.13. The maximum atomic E-state index is 11.9. The number of carboxylic acids is 1. The first-order valence-electron chi connectivity index (χ1n) is 6.13. The molecule has 0 fully saturated rings. The van der Waals surface area contributed by atoms with E-state index in [4.69, 9.17) is 5.11 Å². The number of hydrogen-bond acceptors (Lipinski definition) is 4. The molecule has 0 aliphatic heterocycles. The van der Waals surface area contributed by atoms with Crippen LogP contribution in [0.4, 0.5) is 0 Å². The third-order valence-electron chi connectivity index (χ3n) is 2.37. The molecule has 1 aromatic heterocycles. The molecule has 20 heavy (non-hydrogen) atoms. The number of nitrogens with one attached hydrogen (secondary N) is 2. The Morgan fingerprint density at radius 2 is 1.70 bits per heavy atom. The zero-order valence-corrected chi connectivity index (χ0v) is 11.5. The molecular formula is C13H17N3O4. The Morgan fingerprint density at radius 1 is 1.10 bits per heavy atom. The Labute approximate surface area is 116 Å². The first kappa shape index (κ1) is 15.6. The molecule has 0 aliphatic rings. The third kappa shape index (κ3) is 4.34. The predicted octanol–water partition coefficient (Wildman–Crippen LogP) is 0.423. The summed E-state index contributed by atoms with van der Waals surface area (Å²) in [6, 6.07) is 3.32. The average Bonchev–Trinajstić information content (AvgIpc) is 2.37. The number of carboxylic acid groups (broad SMARTS) is 1. The van der Waals surface area contributed by atoms with E-state index in [2.05, 4.69) is 15.6 Å². The van der Waals surface area contributed by atoms with E-state index in [1.54, 1.807) is 0 Å². The summed E-state index contributed by atoms with van der Waals surface area (Å²) < 4.78 is 0. The van der Waals surface area contributed by atoms with Gasteiger partial charge in [0.25, 0.3) is 5.91 Å². The molecule has 0 bridgehead atoms. The monoisotopic (exact) mass is 279 g/mol. The highest BCUT2D eigenvalue weighted by atomic mass is 16.4. The van der Waals surface area contributed by atoms with Crippen LogP contribution in [0.15, 0.2) is 18.2 Å². The lowest BCUT2D eigenvalue weighted by atomic mass is 10.2. The summed E-state index contributed by atoms with van der Waals surface area (Å²) in [6.07, 6.45) is 0. The second-order valence-corrected chi connectivity index (χ2v) is 4.57. The molecule has 0 aliphatic carbocycles. The van der Waals surface area contributed by atoms with Crippen molar-refractivity contribution in [1.82, 2.24) is 15.6 Å². The molecule has 1 atom stereocenters. The average molecular weight is 279 g/mol. The molecule has 0 aromatic carbocycles. The number of rotatable bonds is 5. The van der Waals surface area contributed by atoms with Gasteiger partial charge in [-0.2, -0.15) is 0 Å². The van der Waals surface area contributed by atoms with Gasteiger partial charge in [0, 0.05) is 6.04 Å². The number of amides is 2. The van der Waals surface area contributed by atoms with Crippen molar-refractivity contribution in [2.45, 2.75) is 32.9 Å². The number of pyridine rings is 1. The normalized spacial score (nSPS) is 11.8. The van der Waals surface area contributed by atoms with E-state index >= 15 is 0 Å². The van der Waals surface area contributed by atoms with Crippen LogP contribution in [0.2, 0.25) is 0 Å². The molecule has 0 saturated heterocycles. The first-order chi connectivity index (χ1) is 9.31. The van der Waals surface area contributed by atoms with Gasteiger partial charge in [0.05, 0.1) is 0 Å². The van der Waals surface area contributed by atoms with E-state index in [9.17, 15) is 14.4 Å². The van der Waals surface area contributed by atoms with Crippen molar-refractivity contribution in [3.63, 3.8) is 0 Å². The minimum Gasteiger partial charge on any atom is -0.477 e. The summed E-state index contributed by atoms with van der Waals surface area (Å²) in [7, 11) is 0. The van der Waals surface area contributed by atoms with Crippen molar-refractivity contribution in [2.75, 3.05) is 0 Å². The van der Waals surface area contributed by atoms with E-state index < -0.39 is 17.9 Å². The second-order valence-electron chi connectivity index (χ2n) is 4.57. The Hall–Kier alpha value is -2.44. The Kier molecular flexibility index (Phi) is 5.19. The van der Waals surface area contributed by atoms with Gasteiger partial charge in [-0.1, -0.05) is 6.07 Å². The van der Waals surface area contributed by atoms with E-state index in [0.717, 1.165) is 0 Å². The molecule has 1 rings (SSSR count). The standard InChI is InChI=1S/C13H17N3O4/c1-7(2)14-11(17)8(3)15-12(18)9-5-4-6-10(16-9)13(19)20/h4-8H,1-3H3,(H,14,17)(H,15,18)(H,19,20). The number of carbonyl (C=O) groups is 3. The molecule has 1 unspecified atom stereocenters. The largest absolute Gasteiger partial charge is 0.477 e. The summed E-state index contributed by atoms with van der Waals surface area (Å²) in [4.78, 5) is 38.0. The van der Waals surface area contributed by atoms with E-state index in [0.29, 0.717) is 0 Å². The Bertz CT molecular complexity index is 528. The van der Waals surface area contributed by atoms with Crippen molar-refractivity contribution >= 4 is 17.8 Å². The lowest BCUT2D eigenvalue weighted by Gasteiger charge is -2.15. The molecule has 0 saturated carbocycles. The van der Waals surface area contributed by atoms with E-state index in [1.807, 2.05) is 13.8 Å². The van der Waals surface area contributed by atoms with Gasteiger partial charge in [0.2, 0.25) is 5.91 Å². The van der Waals surface area contributed by atoms with Crippen LogP contribution in [0, 0.1) is 0 Å². The van der Waals surface area contributed by atoms with Gasteiger partial charge in [-0.25, -0.2) is 9.78 Å². The molecule has 7 nitrogen and oxygen atoms in total. The van der Waals surface area contributed by atoms with Crippen LogP contribution in [0.1, 0.15) is 41.7 Å². The van der Waals surface area contributed by atoms with Crippen molar-refractivity contribution in [1.29, 1.82) is 0 Å². The Balaban J connectivity index is 2.73. The number of aromatic carboxylic acids is 1. The van der Waals surface area contributed by atoms with Crippen LogP contribution < -0.4 is 10.6 Å². The van der Waals surface area contributed by atoms with Crippen molar-refractivity contribution in [3.05, 3.63) is 29.6 Å². The molecule has 0 radical (unpaired) electrons. The molecule has 1 aromatic rings. The summed E-state index contributed by atoms with van der Waals surface area (Å²) in [5.41, 5.74) is -0.272. The van der Waals surface area contributed by atoms with Crippen LogP contribution in [0.25, 0.3) is 0 Å². The van der Waals surface area contributed by atoms with Gasteiger partial charge in [0.15, 0.2) is 0 Å². The summed E-state index contributed by atoms with van der Waals surface area (Å²) >= 11 is 0. The highest BCUT2D eigenvalue weighted by Gasteiger charge is 2.18. The van der Waals surface area contributed by atoms with Gasteiger partial charge in [-0.15, -0.1) is 0 Å². The maximum Gasteiger partial charge on any atom is 0.354 e. The number of nitrogens with zero attached hydrogens (tertiary/aromatic N) is 1. The molecule has 1 heterocycles. The Morgan fingerprint density at radius 3 is 2.25 bits per heavy atom. The third-order valence-corrected chi connectivity index (χ3v) is 2.37. The smallest absolute Gasteiger partial charge is 0.354 e. The number of carbonyl (C=O) groups excluding carboxylic acids is 2. The maximum absolute atomic E-state index is 11.9. The van der Waals surface area contributed by atoms with Crippen LogP contribution in [0.5, 0.6) is 0 Å². The SMILES string of the molecule is CC(C)NC(=O)C(C)NC(=O)c1cccc(C(=O)O)n1. The second kappa shape index (κ2) is 6.65. The van der Waals surface area contributed by atoms with Crippen LogP contribution in [-0.2, 0) is 4.79 Å². The molecule has 0 spiro atoms. The molecule has 3 N–H and O–H groups in total. The van der Waals surface area contributed by atoms with E-state index in [-0.39, 0.29) is 23.3 Å². The first-order valence-corrected chi connectivity index (χ1v) is 6.13. The van der Waals surface area contributed by atoms with Crippen LogP contribution in [-0.4, -0.2) is 40.0 Å². The summed E-state index contributed by atoms with van der Waals surface area (Å²) in [6.45, 7) is 5.16. The van der Waals surface area contributed by atoms with Crippen LogP contribution >= 0.6 is 0 Å². The van der Waals surface area contributed by atoms with Gasteiger partial charge in [0.1, 0.15) is 17.4 Å². The molecule has 108 valence electrons. The lowest BCUT2D eigenvalue weighted by Crippen LogP contribution is -2.47. The zero-order valence-electron chi connectivity index (χ0n) is 11.5. The fourth-order valence-electron chi connectivity index (χ4n) is 1.43. The van der Waals surface area contributed by atoms with Crippen molar-refractivity contribution < 1.29 is 19.5 Å². The number of hydrogen-bond donors (Lipinski definition) is 3. The van der Waals surface area contributed by atoms with Crippen LogP contribution in [0.3, 0.4) is 0 Å². The highest BCUT2D eigenvalue weighted by molar-refractivity contribution is 5.97. The van der Waals surface area contributed by atoms with Gasteiger partial charge >= 0.3 is 5.97 Å². The quantitative estimate of drug-likeness (QED) is 0.724. The highest BCUT2D eigenvalue weighted by Crippen LogP contribution is 2.00. The van der Waals surface area contributed by atoms with Gasteiger partial charge < -0.3 is 15.7 Å². The van der Waals surface area contributed by atoms with Crippen molar-refractivity contribution in [2.24, 2.45) is 0 Å². The minimum atomic E-state index is -1.22. The number of aromatic nitrogens is 1. The molecular weight excluding hydrogens is 262 g/mol. The van der Waals surface area contributed by atoms with E-state index in [1.165, 1.54) is 25.1 Å². The summed E-state index contributed by atoms with van der Waals surface area (Å²) in [5, 5.41) is 13.9. The zero-order chi connectivity index (χ0) is 15.3. The van der Waals surface area contributed by atoms with Gasteiger partial charge in [-0.3, -0.25) is 9.59 Å². The lowest BCUT2D eigenvalue weighted by molar-refractivity contribution is -0.123. The topological polar surface area (TPSA) is 108 Å². The van der Waals surface area contributed by atoms with Crippen molar-refractivity contribution in [3.8, 4) is 0 Å². The fourth-order valence-corrected chi connectivity index (χ4v) is 1.43. The molecule has 2 amide bonds. The molecule has 7 heteroatoms. The van der Waals surface area contributed by atoms with Gasteiger partial charge in [-0.05, 0) is 32.9 Å². The predicted molar refractivity (Wildman–Crippen MR) is 71.4 cm³/mol. The minimum absolute atomic E-state index is 0.0321. The fraction of sp³-hybridized carbons (Fsp3) is 0.385.